The maximum absolute atomic E-state index is 13.3. The lowest BCUT2D eigenvalue weighted by molar-refractivity contribution is -0.137. The molecule has 0 N–H and O–H groups in total. The van der Waals surface area contributed by atoms with Gasteiger partial charge >= 0.3 is 6.18 Å². The third-order valence-electron chi connectivity index (χ3n) is 5.58. The van der Waals surface area contributed by atoms with E-state index in [1.54, 1.807) is 5.38 Å². The van der Waals surface area contributed by atoms with Crippen LogP contribution in [0.4, 0.5) is 13.2 Å². The van der Waals surface area contributed by atoms with E-state index in [0.717, 1.165) is 25.5 Å². The monoisotopic (exact) mass is 469 g/mol. The number of fused-ring (bicyclic) bond motifs is 1. The Hall–Kier alpha value is -2.39. The maximum Gasteiger partial charge on any atom is 0.417 e. The molecule has 0 radical (unpaired) electrons. The van der Waals surface area contributed by atoms with Crippen LogP contribution in [0.2, 0.25) is 5.02 Å². The number of alkyl halides is 3. The molecule has 10 heteroatoms. The fraction of sp³-hybridized carbons (Fsp3) is 0.381. The Kier molecular flexibility index (Phi) is 5.83. The second-order valence-electron chi connectivity index (χ2n) is 7.59. The van der Waals surface area contributed by atoms with E-state index < -0.39 is 16.8 Å². The van der Waals surface area contributed by atoms with Gasteiger partial charge in [-0.25, -0.2) is 4.98 Å². The number of aromatic nitrogens is 2. The minimum Gasteiger partial charge on any atom is -0.340 e. The first kappa shape index (κ1) is 21.8. The van der Waals surface area contributed by atoms with E-state index in [9.17, 15) is 22.8 Å². The van der Waals surface area contributed by atoms with Crippen LogP contribution in [0, 0.1) is 0 Å². The van der Waals surface area contributed by atoms with Crippen LogP contribution in [0.25, 0.3) is 21.3 Å². The summed E-state index contributed by atoms with van der Waals surface area (Å²) in [6.45, 7) is 2.89. The highest BCUT2D eigenvalue weighted by molar-refractivity contribution is 7.17. The van der Waals surface area contributed by atoms with Gasteiger partial charge in [-0.3, -0.25) is 14.2 Å². The van der Waals surface area contributed by atoms with Crippen LogP contribution in [0.3, 0.4) is 0 Å². The van der Waals surface area contributed by atoms with Crippen molar-refractivity contribution in [1.29, 1.82) is 0 Å². The summed E-state index contributed by atoms with van der Waals surface area (Å²) < 4.78 is 41.1. The first-order chi connectivity index (χ1) is 14.7. The fourth-order valence-corrected chi connectivity index (χ4v) is 5.04. The number of nitrogens with zero attached hydrogens (tertiary/aromatic N) is 3. The molecule has 1 aliphatic heterocycles. The molecular formula is C21H19ClF3N3O2S. The van der Waals surface area contributed by atoms with Gasteiger partial charge in [-0.1, -0.05) is 17.7 Å². The first-order valence-electron chi connectivity index (χ1n) is 9.80. The zero-order chi connectivity index (χ0) is 22.3. The lowest BCUT2D eigenvalue weighted by atomic mass is 10.0. The molecule has 0 bridgehead atoms. The van der Waals surface area contributed by atoms with Gasteiger partial charge < -0.3 is 4.90 Å². The number of thiophene rings is 1. The van der Waals surface area contributed by atoms with Crippen molar-refractivity contribution in [2.24, 2.45) is 0 Å². The Labute approximate surface area is 185 Å². The normalized spacial score (nSPS) is 16.9. The highest BCUT2D eigenvalue weighted by Gasteiger charge is 2.33. The summed E-state index contributed by atoms with van der Waals surface area (Å²) in [5.41, 5.74) is -0.734. The second kappa shape index (κ2) is 8.27. The van der Waals surface area contributed by atoms with Crippen molar-refractivity contribution in [3.8, 4) is 11.1 Å². The van der Waals surface area contributed by atoms with Crippen molar-refractivity contribution in [1.82, 2.24) is 14.5 Å². The number of rotatable bonds is 4. The molecule has 0 spiro atoms. The van der Waals surface area contributed by atoms with Gasteiger partial charge in [0.1, 0.15) is 4.83 Å². The zero-order valence-electron chi connectivity index (χ0n) is 16.6. The van der Waals surface area contributed by atoms with E-state index in [-0.39, 0.29) is 41.4 Å². The Morgan fingerprint density at radius 2 is 2.13 bits per heavy atom. The average Bonchev–Trinajstić information content (AvgIpc) is 3.33. The number of halogens is 4. The molecule has 1 aliphatic rings. The molecule has 3 aromatic rings. The number of hydrogen-bond acceptors (Lipinski definition) is 4. The van der Waals surface area contributed by atoms with Gasteiger partial charge in [0.25, 0.3) is 5.56 Å². The molecule has 164 valence electrons. The molecule has 1 atom stereocenters. The van der Waals surface area contributed by atoms with Crippen LogP contribution in [-0.4, -0.2) is 32.9 Å². The molecule has 5 nitrogen and oxygen atoms in total. The number of aryl methyl sites for hydroxylation is 1. The summed E-state index contributed by atoms with van der Waals surface area (Å²) >= 11 is 6.90. The summed E-state index contributed by atoms with van der Waals surface area (Å²) in [7, 11) is 0. The lowest BCUT2D eigenvalue weighted by Crippen LogP contribution is -2.34. The first-order valence-corrected chi connectivity index (χ1v) is 11.1. The second-order valence-corrected chi connectivity index (χ2v) is 8.86. The molecule has 4 rings (SSSR count). The van der Waals surface area contributed by atoms with Crippen LogP contribution in [0.5, 0.6) is 0 Å². The van der Waals surface area contributed by atoms with Crippen LogP contribution in [0.1, 0.15) is 31.7 Å². The SMILES string of the molecule is CC1CCCN1C(=O)CCn1cnc2scc(-c3ccc(Cl)c(C(F)(F)F)c3)c2c1=O. The van der Waals surface area contributed by atoms with Crippen LogP contribution < -0.4 is 5.56 Å². The van der Waals surface area contributed by atoms with E-state index in [0.29, 0.717) is 10.4 Å². The standard InChI is InChI=1S/C21H19ClF3N3O2S/c1-12-3-2-7-28(12)17(29)6-8-27-11-26-19-18(20(27)30)14(10-31-19)13-4-5-16(22)15(9-13)21(23,24)25/h4-5,9-12H,2-3,6-8H2,1H3. The number of amides is 1. The smallest absolute Gasteiger partial charge is 0.340 e. The van der Waals surface area contributed by atoms with Crippen molar-refractivity contribution in [2.75, 3.05) is 6.54 Å². The Bertz CT molecular complexity index is 1200. The molecule has 1 saturated heterocycles. The van der Waals surface area contributed by atoms with Crippen molar-refractivity contribution < 1.29 is 18.0 Å². The maximum atomic E-state index is 13.3. The molecule has 1 unspecified atom stereocenters. The predicted octanol–water partition coefficient (Wildman–Crippen LogP) is 5.20. The lowest BCUT2D eigenvalue weighted by Gasteiger charge is -2.21. The van der Waals surface area contributed by atoms with Crippen molar-refractivity contribution >= 4 is 39.1 Å². The number of hydrogen-bond donors (Lipinski definition) is 0. The van der Waals surface area contributed by atoms with E-state index in [1.807, 2.05) is 11.8 Å². The van der Waals surface area contributed by atoms with E-state index in [2.05, 4.69) is 4.98 Å². The van der Waals surface area contributed by atoms with Gasteiger partial charge in [0.05, 0.1) is 22.3 Å². The van der Waals surface area contributed by atoms with Gasteiger partial charge in [0.2, 0.25) is 5.91 Å². The van der Waals surface area contributed by atoms with Crippen LogP contribution >= 0.6 is 22.9 Å². The Morgan fingerprint density at radius 3 is 2.81 bits per heavy atom. The summed E-state index contributed by atoms with van der Waals surface area (Å²) in [5.74, 6) is -0.0185. The Balaban J connectivity index is 1.67. The quantitative estimate of drug-likeness (QED) is 0.528. The average molecular weight is 470 g/mol. The van der Waals surface area contributed by atoms with Gasteiger partial charge in [0, 0.05) is 36.5 Å². The van der Waals surface area contributed by atoms with E-state index in [1.165, 1.54) is 34.4 Å². The van der Waals surface area contributed by atoms with Crippen molar-refractivity contribution in [3.63, 3.8) is 0 Å². The third-order valence-corrected chi connectivity index (χ3v) is 6.80. The minimum absolute atomic E-state index is 0.0185. The highest BCUT2D eigenvalue weighted by atomic mass is 35.5. The van der Waals surface area contributed by atoms with Crippen molar-refractivity contribution in [2.45, 2.75) is 44.9 Å². The third kappa shape index (κ3) is 4.21. The summed E-state index contributed by atoms with van der Waals surface area (Å²) in [4.78, 5) is 32.1. The number of carbonyl (C=O) groups excluding carboxylic acids is 1. The molecule has 3 heterocycles. The molecular weight excluding hydrogens is 451 g/mol. The molecule has 1 aromatic carbocycles. The molecule has 31 heavy (non-hydrogen) atoms. The minimum atomic E-state index is -4.61. The van der Waals surface area contributed by atoms with Gasteiger partial charge in [0.15, 0.2) is 0 Å². The van der Waals surface area contributed by atoms with Gasteiger partial charge in [-0.15, -0.1) is 11.3 Å². The van der Waals surface area contributed by atoms with E-state index in [4.69, 9.17) is 11.6 Å². The summed E-state index contributed by atoms with van der Waals surface area (Å²) in [6, 6.07) is 3.77. The molecule has 2 aromatic heterocycles. The topological polar surface area (TPSA) is 55.2 Å². The summed E-state index contributed by atoms with van der Waals surface area (Å²) in [5, 5.41) is 1.45. The van der Waals surface area contributed by atoms with Crippen LogP contribution in [-0.2, 0) is 17.5 Å². The van der Waals surface area contributed by atoms with Crippen molar-refractivity contribution in [3.05, 3.63) is 50.8 Å². The highest BCUT2D eigenvalue weighted by Crippen LogP contribution is 2.39. The van der Waals surface area contributed by atoms with Gasteiger partial charge in [-0.05, 0) is 37.5 Å². The van der Waals surface area contributed by atoms with E-state index >= 15 is 0 Å². The molecule has 0 aliphatic carbocycles. The zero-order valence-corrected chi connectivity index (χ0v) is 18.2. The number of benzene rings is 1. The number of likely N-dealkylation sites (tertiary alicyclic amines) is 1. The largest absolute Gasteiger partial charge is 0.417 e. The molecule has 0 saturated carbocycles. The molecule has 1 amide bonds. The van der Waals surface area contributed by atoms with Crippen LogP contribution in [0.15, 0.2) is 34.7 Å². The fourth-order valence-electron chi connectivity index (χ4n) is 3.91. The molecule has 1 fully saturated rings. The number of carbonyl (C=O) groups is 1. The Morgan fingerprint density at radius 1 is 1.35 bits per heavy atom. The predicted molar refractivity (Wildman–Crippen MR) is 114 cm³/mol. The summed E-state index contributed by atoms with van der Waals surface area (Å²) in [6.07, 6.45) is -1.12. The van der Waals surface area contributed by atoms with Gasteiger partial charge in [-0.2, -0.15) is 13.2 Å².